The first-order chi connectivity index (χ1) is 15.1. The summed E-state index contributed by atoms with van der Waals surface area (Å²) in [6.07, 6.45) is 10.9. The highest BCUT2D eigenvalue weighted by Crippen LogP contribution is 2.60. The number of carbonyl (C=O) groups is 2. The van der Waals surface area contributed by atoms with Gasteiger partial charge in [-0.25, -0.2) is 0 Å². The summed E-state index contributed by atoms with van der Waals surface area (Å²) < 4.78 is 7.24. The third-order valence-electron chi connectivity index (χ3n) is 8.12. The molecule has 4 bridgehead atoms. The van der Waals surface area contributed by atoms with Crippen LogP contribution in [-0.2, 0) is 22.7 Å². The van der Waals surface area contributed by atoms with Crippen molar-refractivity contribution in [3.05, 3.63) is 42.1 Å². The van der Waals surface area contributed by atoms with E-state index in [1.54, 1.807) is 12.5 Å². The van der Waals surface area contributed by atoms with Gasteiger partial charge in [-0.1, -0.05) is 0 Å². The molecule has 3 heterocycles. The van der Waals surface area contributed by atoms with E-state index in [0.717, 1.165) is 48.5 Å². The molecule has 0 unspecified atom stereocenters. The molecule has 0 aromatic carbocycles. The Balaban J connectivity index is 1.17. The molecular weight excluding hydrogens is 392 g/mol. The second-order valence-electron chi connectivity index (χ2n) is 10.4. The molecule has 1 N–H and O–H groups in total. The third kappa shape index (κ3) is 3.38. The third-order valence-corrected chi connectivity index (χ3v) is 8.12. The molecule has 0 radical (unpaired) electrons. The number of amides is 2. The molecule has 7 rings (SSSR count). The Morgan fingerprint density at radius 1 is 1.13 bits per heavy atom. The standard InChI is InChI=1S/C24H30N4O3/c29-22(25-13-21-2-1-5-31-21)9-20-15-27(14-19-3-4-26-28(19)20)23(30)24-10-16-6-17(11-24)8-18(7-16)12-24/h1-5,16-18,20H,6-15H2,(H,25,29)/t16?,17?,18?,20-,24?/m0/s1. The highest BCUT2D eigenvalue weighted by molar-refractivity contribution is 5.83. The molecule has 1 aliphatic heterocycles. The first-order valence-electron chi connectivity index (χ1n) is 11.7. The van der Waals surface area contributed by atoms with Crippen LogP contribution in [0.3, 0.4) is 0 Å². The van der Waals surface area contributed by atoms with Gasteiger partial charge in [0.25, 0.3) is 0 Å². The predicted molar refractivity (Wildman–Crippen MR) is 112 cm³/mol. The van der Waals surface area contributed by atoms with Gasteiger partial charge in [-0.15, -0.1) is 0 Å². The first-order valence-corrected chi connectivity index (χ1v) is 11.7. The molecule has 2 aromatic heterocycles. The van der Waals surface area contributed by atoms with Gasteiger partial charge in [-0.3, -0.25) is 14.3 Å². The van der Waals surface area contributed by atoms with Crippen molar-refractivity contribution in [2.24, 2.45) is 23.2 Å². The van der Waals surface area contributed by atoms with E-state index in [0.29, 0.717) is 32.0 Å². The van der Waals surface area contributed by atoms with Crippen LogP contribution in [0.25, 0.3) is 0 Å². The van der Waals surface area contributed by atoms with E-state index in [-0.39, 0.29) is 17.4 Å². The van der Waals surface area contributed by atoms with Gasteiger partial charge in [0.05, 0.1) is 42.9 Å². The summed E-state index contributed by atoms with van der Waals surface area (Å²) in [6, 6.07) is 5.51. The van der Waals surface area contributed by atoms with Crippen LogP contribution in [0.1, 0.15) is 62.4 Å². The summed E-state index contributed by atoms with van der Waals surface area (Å²) in [7, 11) is 0. The maximum atomic E-state index is 13.9. The van der Waals surface area contributed by atoms with E-state index in [9.17, 15) is 9.59 Å². The Bertz CT molecular complexity index is 944. The zero-order chi connectivity index (χ0) is 21.0. The van der Waals surface area contributed by atoms with Gasteiger partial charge in [-0.2, -0.15) is 5.10 Å². The first kappa shape index (κ1) is 19.1. The van der Waals surface area contributed by atoms with Crippen LogP contribution >= 0.6 is 0 Å². The number of nitrogens with one attached hydrogen (secondary N) is 1. The molecule has 4 fully saturated rings. The molecule has 5 aliphatic rings. The lowest BCUT2D eigenvalue weighted by Crippen LogP contribution is -2.56. The highest BCUT2D eigenvalue weighted by Gasteiger charge is 2.56. The van der Waals surface area contributed by atoms with Crippen molar-refractivity contribution in [3.8, 4) is 0 Å². The van der Waals surface area contributed by atoms with Crippen LogP contribution in [0.5, 0.6) is 0 Å². The van der Waals surface area contributed by atoms with Gasteiger partial charge < -0.3 is 14.6 Å². The lowest BCUT2D eigenvalue weighted by molar-refractivity contribution is -0.160. The van der Waals surface area contributed by atoms with Gasteiger partial charge in [0.15, 0.2) is 0 Å². The fraction of sp³-hybridized carbons (Fsp3) is 0.625. The number of hydrogen-bond donors (Lipinski definition) is 1. The molecule has 0 spiro atoms. The van der Waals surface area contributed by atoms with Crippen LogP contribution in [0.2, 0.25) is 0 Å². The number of fused-ring (bicyclic) bond motifs is 1. The van der Waals surface area contributed by atoms with Crippen molar-refractivity contribution >= 4 is 11.8 Å². The largest absolute Gasteiger partial charge is 0.467 e. The molecular formula is C24H30N4O3. The maximum Gasteiger partial charge on any atom is 0.229 e. The fourth-order valence-corrected chi connectivity index (χ4v) is 7.29. The molecule has 7 heteroatoms. The van der Waals surface area contributed by atoms with E-state index in [2.05, 4.69) is 10.4 Å². The normalized spacial score (nSPS) is 33.4. The second kappa shape index (κ2) is 7.24. The van der Waals surface area contributed by atoms with Gasteiger partial charge in [0, 0.05) is 12.7 Å². The fourth-order valence-electron chi connectivity index (χ4n) is 7.29. The molecule has 164 valence electrons. The van der Waals surface area contributed by atoms with E-state index in [4.69, 9.17) is 4.42 Å². The molecule has 4 aliphatic carbocycles. The summed E-state index contributed by atoms with van der Waals surface area (Å²) >= 11 is 0. The summed E-state index contributed by atoms with van der Waals surface area (Å²) in [5.74, 6) is 3.25. The van der Waals surface area contributed by atoms with Crippen LogP contribution in [0.15, 0.2) is 35.1 Å². The van der Waals surface area contributed by atoms with Crippen molar-refractivity contribution in [2.45, 2.75) is 64.1 Å². The van der Waals surface area contributed by atoms with Gasteiger partial charge in [0.2, 0.25) is 11.8 Å². The SMILES string of the molecule is O=C(C[C@H]1CN(C(=O)C23CC4CC(CC(C4)C2)C3)Cc2ccnn21)NCc1ccco1. The van der Waals surface area contributed by atoms with Gasteiger partial charge in [-0.05, 0) is 74.5 Å². The average Bonchev–Trinajstić information content (AvgIpc) is 3.42. The summed E-state index contributed by atoms with van der Waals surface area (Å²) in [4.78, 5) is 28.6. The summed E-state index contributed by atoms with van der Waals surface area (Å²) in [5, 5.41) is 7.40. The lowest BCUT2D eigenvalue weighted by atomic mass is 9.49. The topological polar surface area (TPSA) is 80.4 Å². The summed E-state index contributed by atoms with van der Waals surface area (Å²) in [6.45, 7) is 1.54. The Morgan fingerprint density at radius 2 is 1.87 bits per heavy atom. The Hall–Kier alpha value is -2.57. The zero-order valence-corrected chi connectivity index (χ0v) is 17.8. The Morgan fingerprint density at radius 3 is 2.55 bits per heavy atom. The van der Waals surface area contributed by atoms with Crippen molar-refractivity contribution in [1.29, 1.82) is 0 Å². The molecule has 2 amide bonds. The second-order valence-corrected chi connectivity index (χ2v) is 10.4. The van der Waals surface area contributed by atoms with Crippen LogP contribution in [0.4, 0.5) is 0 Å². The molecule has 31 heavy (non-hydrogen) atoms. The van der Waals surface area contributed by atoms with Crippen LogP contribution in [0, 0.1) is 23.2 Å². The van der Waals surface area contributed by atoms with Crippen LogP contribution < -0.4 is 5.32 Å². The molecule has 1 atom stereocenters. The average molecular weight is 423 g/mol. The van der Waals surface area contributed by atoms with Crippen molar-refractivity contribution in [1.82, 2.24) is 20.0 Å². The minimum Gasteiger partial charge on any atom is -0.467 e. The van der Waals surface area contributed by atoms with Crippen molar-refractivity contribution in [2.75, 3.05) is 6.54 Å². The Labute approximate surface area is 182 Å². The molecule has 7 nitrogen and oxygen atoms in total. The zero-order valence-electron chi connectivity index (χ0n) is 17.8. The van der Waals surface area contributed by atoms with E-state index in [1.165, 1.54) is 19.3 Å². The molecule has 4 saturated carbocycles. The molecule has 0 saturated heterocycles. The van der Waals surface area contributed by atoms with Crippen molar-refractivity contribution in [3.63, 3.8) is 0 Å². The molecule has 2 aromatic rings. The Kier molecular flexibility index (Phi) is 4.47. The number of aromatic nitrogens is 2. The monoisotopic (exact) mass is 422 g/mol. The number of furan rings is 1. The predicted octanol–water partition coefficient (Wildman–Crippen LogP) is 3.28. The summed E-state index contributed by atoms with van der Waals surface area (Å²) in [5.41, 5.74) is 0.872. The number of nitrogens with zero attached hydrogens (tertiary/aromatic N) is 3. The maximum absolute atomic E-state index is 13.9. The van der Waals surface area contributed by atoms with Crippen LogP contribution in [-0.4, -0.2) is 33.0 Å². The van der Waals surface area contributed by atoms with E-state index in [1.807, 2.05) is 27.8 Å². The van der Waals surface area contributed by atoms with Gasteiger partial charge in [0.1, 0.15) is 5.76 Å². The number of carbonyl (C=O) groups excluding carboxylic acids is 2. The number of rotatable bonds is 5. The smallest absolute Gasteiger partial charge is 0.229 e. The van der Waals surface area contributed by atoms with E-state index >= 15 is 0 Å². The minimum absolute atomic E-state index is 0.0491. The minimum atomic E-state index is -0.150. The number of hydrogen-bond acceptors (Lipinski definition) is 4. The van der Waals surface area contributed by atoms with E-state index < -0.39 is 0 Å². The lowest BCUT2D eigenvalue weighted by Gasteiger charge is -2.57. The highest BCUT2D eigenvalue weighted by atomic mass is 16.3. The van der Waals surface area contributed by atoms with Crippen molar-refractivity contribution < 1.29 is 14.0 Å². The van der Waals surface area contributed by atoms with Gasteiger partial charge >= 0.3 is 0 Å². The quantitative estimate of drug-likeness (QED) is 0.802.